The van der Waals surface area contributed by atoms with Gasteiger partial charge in [0, 0.05) is 37.3 Å². The number of piperidine rings is 1. The van der Waals surface area contributed by atoms with E-state index in [1.807, 2.05) is 18.3 Å². The molecule has 1 saturated heterocycles. The second-order valence-corrected chi connectivity index (χ2v) is 12.6. The fourth-order valence-corrected chi connectivity index (χ4v) is 6.15. The number of H-pyrrole nitrogens is 1. The minimum Gasteiger partial charge on any atom is -0.366 e. The summed E-state index contributed by atoms with van der Waals surface area (Å²) in [6, 6.07) is 8.91. The Hall–Kier alpha value is -2.75. The lowest BCUT2D eigenvalue weighted by molar-refractivity contribution is 0.100. The molecule has 1 aliphatic rings. The van der Waals surface area contributed by atoms with Crippen molar-refractivity contribution >= 4 is 26.8 Å². The molecule has 2 heterocycles. The van der Waals surface area contributed by atoms with E-state index in [0.29, 0.717) is 60.6 Å². The Morgan fingerprint density at radius 1 is 1.14 bits per heavy atom. The van der Waals surface area contributed by atoms with Crippen molar-refractivity contribution in [3.63, 3.8) is 0 Å². The highest BCUT2D eigenvalue weighted by Crippen LogP contribution is 2.37. The normalized spacial score (nSPS) is 16.5. The molecular weight excluding hydrogens is 491 g/mol. The number of hydrogen-bond acceptors (Lipinski definition) is 4. The van der Waals surface area contributed by atoms with Gasteiger partial charge in [0.25, 0.3) is 5.91 Å². The number of nitrogens with one attached hydrogen (secondary N) is 2. The maximum absolute atomic E-state index is 14.7. The summed E-state index contributed by atoms with van der Waals surface area (Å²) in [5, 5.41) is 4.30. The summed E-state index contributed by atoms with van der Waals surface area (Å²) in [5.41, 5.74) is 9.98. The van der Waals surface area contributed by atoms with E-state index in [4.69, 9.17) is 5.73 Å². The third kappa shape index (κ3) is 5.89. The zero-order chi connectivity index (χ0) is 26.9. The summed E-state index contributed by atoms with van der Waals surface area (Å²) in [6.45, 7) is 9.49. The van der Waals surface area contributed by atoms with Crippen LogP contribution in [0, 0.1) is 11.7 Å². The van der Waals surface area contributed by atoms with Gasteiger partial charge < -0.3 is 16.0 Å². The van der Waals surface area contributed by atoms with Crippen molar-refractivity contribution in [3.05, 3.63) is 59.0 Å². The maximum atomic E-state index is 14.7. The first-order valence-corrected chi connectivity index (χ1v) is 14.6. The predicted octanol–water partition coefficient (Wildman–Crippen LogP) is 4.74. The van der Waals surface area contributed by atoms with E-state index in [1.54, 1.807) is 17.3 Å². The van der Waals surface area contributed by atoms with Crippen molar-refractivity contribution in [2.45, 2.75) is 59.0 Å². The van der Waals surface area contributed by atoms with Crippen molar-refractivity contribution < 1.29 is 17.6 Å². The molecule has 1 amide bonds. The number of primary amides is 1. The van der Waals surface area contributed by atoms with E-state index in [2.05, 4.69) is 31.1 Å². The lowest BCUT2D eigenvalue weighted by atomic mass is 9.88. The summed E-state index contributed by atoms with van der Waals surface area (Å²) in [6.07, 6.45) is 3.27. The van der Waals surface area contributed by atoms with Crippen molar-refractivity contribution in [1.82, 2.24) is 14.6 Å². The summed E-state index contributed by atoms with van der Waals surface area (Å²) in [7, 11) is -3.22. The summed E-state index contributed by atoms with van der Waals surface area (Å²) in [5.74, 6) is -0.219. The van der Waals surface area contributed by atoms with Crippen LogP contribution < -0.4 is 11.1 Å². The topological polar surface area (TPSA) is 108 Å². The SMILES string of the molecule is CCS(=O)(=O)N1CCC(c2c[nH]c3c(C(N)=O)cc(-c4cc(F)cc(CNC(C)C(C)C)c4)cc23)CC1. The number of rotatable bonds is 9. The number of benzene rings is 2. The molecule has 1 aromatic heterocycles. The number of halogens is 1. The first-order valence-electron chi connectivity index (χ1n) is 13.0. The van der Waals surface area contributed by atoms with Gasteiger partial charge in [-0.1, -0.05) is 13.8 Å². The lowest BCUT2D eigenvalue weighted by Gasteiger charge is -2.31. The van der Waals surface area contributed by atoms with Gasteiger partial charge in [-0.15, -0.1) is 0 Å². The second-order valence-electron chi connectivity index (χ2n) is 10.4. The molecule has 9 heteroatoms. The van der Waals surface area contributed by atoms with Gasteiger partial charge in [-0.2, -0.15) is 0 Å². The minimum absolute atomic E-state index is 0.0949. The van der Waals surface area contributed by atoms with Crippen LogP contribution in [0.3, 0.4) is 0 Å². The minimum atomic E-state index is -3.22. The van der Waals surface area contributed by atoms with Crippen molar-refractivity contribution in [2.24, 2.45) is 11.7 Å². The van der Waals surface area contributed by atoms with Gasteiger partial charge in [-0.05, 0) is 91.1 Å². The molecule has 4 N–H and O–H groups in total. The van der Waals surface area contributed by atoms with Crippen LogP contribution in [0.25, 0.3) is 22.0 Å². The third-order valence-corrected chi connectivity index (χ3v) is 9.54. The molecule has 1 aliphatic heterocycles. The average molecular weight is 529 g/mol. The second kappa shape index (κ2) is 10.9. The number of aromatic nitrogens is 1. The number of amides is 1. The molecule has 0 spiro atoms. The zero-order valence-electron chi connectivity index (χ0n) is 22.0. The average Bonchev–Trinajstić information content (AvgIpc) is 3.30. The van der Waals surface area contributed by atoms with Gasteiger partial charge in [0.1, 0.15) is 5.82 Å². The van der Waals surface area contributed by atoms with Crippen molar-refractivity contribution in [1.29, 1.82) is 0 Å². The molecule has 2 aromatic carbocycles. The molecule has 0 radical (unpaired) electrons. The molecule has 3 aromatic rings. The molecule has 7 nitrogen and oxygen atoms in total. The quantitative estimate of drug-likeness (QED) is 0.373. The lowest BCUT2D eigenvalue weighted by Crippen LogP contribution is -2.38. The molecule has 1 unspecified atom stereocenters. The summed E-state index contributed by atoms with van der Waals surface area (Å²) >= 11 is 0. The van der Waals surface area contributed by atoms with Crippen LogP contribution in [-0.2, 0) is 16.6 Å². The standard InChI is InChI=1S/C28H37FN4O3S/c1-5-37(35,36)33-8-6-20(7-9-33)26-16-32-27-24(26)13-22(14-25(27)28(30)34)21-10-19(11-23(29)12-21)15-31-18(4)17(2)3/h10-14,16-18,20,31-32H,5-9,15H2,1-4H3,(H2,30,34). The molecule has 0 saturated carbocycles. The van der Waals surface area contributed by atoms with Gasteiger partial charge in [0.05, 0.1) is 16.8 Å². The van der Waals surface area contributed by atoms with Crippen LogP contribution >= 0.6 is 0 Å². The van der Waals surface area contributed by atoms with Crippen LogP contribution in [-0.4, -0.2) is 48.5 Å². The Morgan fingerprint density at radius 2 is 1.81 bits per heavy atom. The molecule has 0 bridgehead atoms. The summed E-state index contributed by atoms with van der Waals surface area (Å²) < 4.78 is 40.8. The van der Waals surface area contributed by atoms with Gasteiger partial charge >= 0.3 is 0 Å². The third-order valence-electron chi connectivity index (χ3n) is 7.66. The first kappa shape index (κ1) is 27.3. The maximum Gasteiger partial charge on any atom is 0.250 e. The zero-order valence-corrected chi connectivity index (χ0v) is 22.8. The number of fused-ring (bicyclic) bond motifs is 1. The largest absolute Gasteiger partial charge is 0.366 e. The monoisotopic (exact) mass is 528 g/mol. The fourth-order valence-electron chi connectivity index (χ4n) is 5.01. The van der Waals surface area contributed by atoms with Gasteiger partial charge in [-0.3, -0.25) is 4.79 Å². The fraction of sp³-hybridized carbons (Fsp3) is 0.464. The molecule has 4 rings (SSSR count). The number of sulfonamides is 1. The first-order chi connectivity index (χ1) is 17.5. The number of nitrogens with zero attached hydrogens (tertiary/aromatic N) is 1. The van der Waals surface area contributed by atoms with Crippen LogP contribution in [0.5, 0.6) is 0 Å². The number of nitrogens with two attached hydrogens (primary N) is 1. The van der Waals surface area contributed by atoms with Crippen LogP contribution in [0.4, 0.5) is 4.39 Å². The molecule has 37 heavy (non-hydrogen) atoms. The predicted molar refractivity (Wildman–Crippen MR) is 146 cm³/mol. The molecule has 1 fully saturated rings. The summed E-state index contributed by atoms with van der Waals surface area (Å²) in [4.78, 5) is 15.6. The van der Waals surface area contributed by atoms with E-state index >= 15 is 0 Å². The molecular formula is C28H37FN4O3S. The highest BCUT2D eigenvalue weighted by Gasteiger charge is 2.29. The van der Waals surface area contributed by atoms with E-state index in [-0.39, 0.29) is 23.5 Å². The molecule has 0 aliphatic carbocycles. The Bertz CT molecular complexity index is 1390. The van der Waals surface area contributed by atoms with Crippen LogP contribution in [0.1, 0.15) is 67.9 Å². The van der Waals surface area contributed by atoms with Crippen molar-refractivity contribution in [3.8, 4) is 11.1 Å². The Labute approximate surface area is 218 Å². The van der Waals surface area contributed by atoms with E-state index < -0.39 is 15.9 Å². The molecule has 200 valence electrons. The number of hydrogen-bond donors (Lipinski definition) is 3. The van der Waals surface area contributed by atoms with Gasteiger partial charge in [0.15, 0.2) is 0 Å². The van der Waals surface area contributed by atoms with Crippen LogP contribution in [0.2, 0.25) is 0 Å². The number of aromatic amines is 1. The van der Waals surface area contributed by atoms with Crippen molar-refractivity contribution in [2.75, 3.05) is 18.8 Å². The number of carbonyl (C=O) groups is 1. The smallest absolute Gasteiger partial charge is 0.250 e. The Balaban J connectivity index is 1.70. The van der Waals surface area contributed by atoms with E-state index in [0.717, 1.165) is 16.5 Å². The Kier molecular flexibility index (Phi) is 8.06. The Morgan fingerprint density at radius 3 is 2.43 bits per heavy atom. The molecule has 1 atom stereocenters. The van der Waals surface area contributed by atoms with E-state index in [9.17, 15) is 17.6 Å². The van der Waals surface area contributed by atoms with Crippen LogP contribution in [0.15, 0.2) is 36.5 Å². The highest BCUT2D eigenvalue weighted by atomic mass is 32.2. The van der Waals surface area contributed by atoms with E-state index in [1.165, 1.54) is 12.1 Å². The van der Waals surface area contributed by atoms with Gasteiger partial charge in [0.2, 0.25) is 10.0 Å². The number of carbonyl (C=O) groups excluding carboxylic acids is 1. The van der Waals surface area contributed by atoms with Gasteiger partial charge in [-0.25, -0.2) is 17.1 Å². The highest BCUT2D eigenvalue weighted by molar-refractivity contribution is 7.89.